The lowest BCUT2D eigenvalue weighted by atomic mass is 9.79. The summed E-state index contributed by atoms with van der Waals surface area (Å²) >= 11 is 0. The Morgan fingerprint density at radius 3 is 2.38 bits per heavy atom. The van der Waals surface area contributed by atoms with Crippen molar-refractivity contribution in [2.24, 2.45) is 0 Å². The Balaban J connectivity index is 1.44. The molecule has 0 unspecified atom stereocenters. The molecule has 176 valence electrons. The highest BCUT2D eigenvalue weighted by Crippen LogP contribution is 2.42. The first-order chi connectivity index (χ1) is 16.6. The maximum atomic E-state index is 10.2. The molecular weight excluding hydrogens is 422 g/mol. The Hall–Kier alpha value is -3.24. The fraction of sp³-hybridized carbons (Fsp3) is 0.333. The van der Waals surface area contributed by atoms with Crippen molar-refractivity contribution in [3.63, 3.8) is 0 Å². The summed E-state index contributed by atoms with van der Waals surface area (Å²) in [5.41, 5.74) is 6.90. The zero-order chi connectivity index (χ0) is 23.5. The van der Waals surface area contributed by atoms with Gasteiger partial charge in [0.2, 0.25) is 0 Å². The number of aromatic hydroxyl groups is 2. The Morgan fingerprint density at radius 1 is 0.882 bits per heavy atom. The quantitative estimate of drug-likeness (QED) is 0.442. The minimum atomic E-state index is 0.252. The van der Waals surface area contributed by atoms with Crippen molar-refractivity contribution in [2.45, 2.75) is 45.1 Å². The minimum absolute atomic E-state index is 0.252. The summed E-state index contributed by atoms with van der Waals surface area (Å²) in [4.78, 5) is 2.50. The van der Waals surface area contributed by atoms with Crippen LogP contribution in [0.5, 0.6) is 17.2 Å². The maximum absolute atomic E-state index is 10.2. The monoisotopic (exact) mass is 455 g/mol. The van der Waals surface area contributed by atoms with Gasteiger partial charge in [-0.05, 0) is 102 Å². The van der Waals surface area contributed by atoms with Crippen LogP contribution in [0.2, 0.25) is 0 Å². The summed E-state index contributed by atoms with van der Waals surface area (Å²) in [6.45, 7) is 5.52. The highest BCUT2D eigenvalue weighted by Gasteiger charge is 2.24. The molecule has 0 amide bonds. The van der Waals surface area contributed by atoms with E-state index in [1.54, 1.807) is 18.2 Å². The summed E-state index contributed by atoms with van der Waals surface area (Å²) in [6, 6.07) is 21.5. The Labute approximate surface area is 202 Å². The Morgan fingerprint density at radius 2 is 1.62 bits per heavy atom. The number of phenols is 2. The van der Waals surface area contributed by atoms with Gasteiger partial charge in [-0.1, -0.05) is 43.7 Å². The van der Waals surface area contributed by atoms with Gasteiger partial charge in [0.15, 0.2) is 0 Å². The van der Waals surface area contributed by atoms with Crippen molar-refractivity contribution in [2.75, 3.05) is 19.6 Å². The van der Waals surface area contributed by atoms with Crippen LogP contribution in [0.3, 0.4) is 0 Å². The van der Waals surface area contributed by atoms with Gasteiger partial charge in [-0.15, -0.1) is 0 Å². The molecule has 1 atom stereocenters. The highest BCUT2D eigenvalue weighted by molar-refractivity contribution is 6.01. The number of hydrogen-bond donors (Lipinski definition) is 2. The van der Waals surface area contributed by atoms with Crippen LogP contribution in [0.15, 0.2) is 66.7 Å². The fourth-order valence-corrected chi connectivity index (χ4v) is 5.21. The molecule has 3 aromatic carbocycles. The number of aryl methyl sites for hydroxylation is 1. The zero-order valence-electron chi connectivity index (χ0n) is 19.8. The van der Waals surface area contributed by atoms with Crippen LogP contribution in [0, 0.1) is 0 Å². The molecule has 4 heteroatoms. The van der Waals surface area contributed by atoms with Gasteiger partial charge in [-0.2, -0.15) is 0 Å². The highest BCUT2D eigenvalue weighted by atomic mass is 16.5. The van der Waals surface area contributed by atoms with Crippen LogP contribution in [-0.4, -0.2) is 40.9 Å². The van der Waals surface area contributed by atoms with Crippen molar-refractivity contribution >= 4 is 11.1 Å². The van der Waals surface area contributed by atoms with E-state index in [1.807, 2.05) is 24.3 Å². The number of rotatable bonds is 7. The molecule has 1 aliphatic carbocycles. The van der Waals surface area contributed by atoms with Gasteiger partial charge in [0.25, 0.3) is 0 Å². The normalized spacial score (nSPS) is 18.2. The van der Waals surface area contributed by atoms with Crippen molar-refractivity contribution in [3.05, 3.63) is 89.0 Å². The average molecular weight is 456 g/mol. The first-order valence-electron chi connectivity index (χ1n) is 12.4. The topological polar surface area (TPSA) is 52.9 Å². The van der Waals surface area contributed by atoms with E-state index in [-0.39, 0.29) is 17.6 Å². The van der Waals surface area contributed by atoms with E-state index in [9.17, 15) is 10.2 Å². The van der Waals surface area contributed by atoms with E-state index >= 15 is 0 Å². The molecule has 0 spiro atoms. The molecule has 1 saturated heterocycles. The van der Waals surface area contributed by atoms with Crippen LogP contribution in [0.4, 0.5) is 0 Å². The van der Waals surface area contributed by atoms with Gasteiger partial charge < -0.3 is 14.9 Å². The molecule has 0 bridgehead atoms. The Kier molecular flexibility index (Phi) is 6.59. The smallest absolute Gasteiger partial charge is 0.119 e. The number of ether oxygens (including phenoxy) is 1. The molecule has 4 nitrogen and oxygen atoms in total. The van der Waals surface area contributed by atoms with Crippen molar-refractivity contribution in [3.8, 4) is 17.2 Å². The lowest BCUT2D eigenvalue weighted by Crippen LogP contribution is -2.25. The van der Waals surface area contributed by atoms with E-state index in [2.05, 4.69) is 36.1 Å². The lowest BCUT2D eigenvalue weighted by molar-refractivity contribution is 0.199. The third-order valence-electron chi connectivity index (χ3n) is 7.03. The zero-order valence-corrected chi connectivity index (χ0v) is 19.8. The molecule has 5 rings (SSSR count). The van der Waals surface area contributed by atoms with Crippen LogP contribution >= 0.6 is 0 Å². The number of phenolic OH excluding ortho intramolecular Hbond substituents is 2. The molecule has 2 aliphatic rings. The molecular formula is C30H33NO3. The van der Waals surface area contributed by atoms with Crippen LogP contribution in [0.1, 0.15) is 54.9 Å². The SMILES string of the molecule is CCCCN1CC[C@H](Oc2ccc(C3=C(c4ccc(O)cc4)CCc4ccc(O)cc43)cc2)C1. The molecule has 2 N–H and O–H groups in total. The van der Waals surface area contributed by atoms with Crippen LogP contribution < -0.4 is 4.74 Å². The maximum Gasteiger partial charge on any atom is 0.119 e. The third kappa shape index (κ3) is 4.83. The molecule has 3 aromatic rings. The van der Waals surface area contributed by atoms with Gasteiger partial charge in [0.1, 0.15) is 23.4 Å². The number of hydrogen-bond acceptors (Lipinski definition) is 4. The van der Waals surface area contributed by atoms with Gasteiger partial charge in [0.05, 0.1) is 0 Å². The lowest BCUT2D eigenvalue weighted by Gasteiger charge is -2.25. The van der Waals surface area contributed by atoms with Gasteiger partial charge >= 0.3 is 0 Å². The standard InChI is InChI=1S/C30H33NO3/c1-2-3-17-31-18-16-27(20-31)34-26-13-7-23(8-14-26)30-28(21-4-10-24(32)11-5-21)15-9-22-6-12-25(33)19-29(22)30/h4-8,10-14,19,27,32-33H,2-3,9,15-18,20H2,1H3/t27-/m0/s1. The second-order valence-corrected chi connectivity index (χ2v) is 9.45. The predicted molar refractivity (Wildman–Crippen MR) is 137 cm³/mol. The minimum Gasteiger partial charge on any atom is -0.508 e. The summed E-state index contributed by atoms with van der Waals surface area (Å²) in [5, 5.41) is 20.0. The predicted octanol–water partition coefficient (Wildman–Crippen LogP) is 6.26. The summed E-state index contributed by atoms with van der Waals surface area (Å²) < 4.78 is 6.32. The van der Waals surface area contributed by atoms with Crippen LogP contribution in [0.25, 0.3) is 11.1 Å². The molecule has 1 aliphatic heterocycles. The van der Waals surface area contributed by atoms with E-state index in [1.165, 1.54) is 24.0 Å². The molecule has 1 fully saturated rings. The largest absolute Gasteiger partial charge is 0.508 e. The van der Waals surface area contributed by atoms with E-state index in [4.69, 9.17) is 4.74 Å². The van der Waals surface area contributed by atoms with Crippen molar-refractivity contribution in [1.82, 2.24) is 4.90 Å². The van der Waals surface area contributed by atoms with Gasteiger partial charge in [0, 0.05) is 13.1 Å². The first-order valence-corrected chi connectivity index (χ1v) is 12.4. The number of nitrogens with zero attached hydrogens (tertiary/aromatic N) is 1. The van der Waals surface area contributed by atoms with Crippen LogP contribution in [-0.2, 0) is 6.42 Å². The molecule has 0 radical (unpaired) electrons. The van der Waals surface area contributed by atoms with E-state index in [0.29, 0.717) is 0 Å². The summed E-state index contributed by atoms with van der Waals surface area (Å²) in [6.07, 6.45) is 5.64. The van der Waals surface area contributed by atoms with Crippen molar-refractivity contribution < 1.29 is 14.9 Å². The third-order valence-corrected chi connectivity index (χ3v) is 7.03. The van der Waals surface area contributed by atoms with Gasteiger partial charge in [-0.25, -0.2) is 0 Å². The van der Waals surface area contributed by atoms with E-state index in [0.717, 1.165) is 66.9 Å². The summed E-state index contributed by atoms with van der Waals surface area (Å²) in [5.74, 6) is 1.45. The molecule has 0 aromatic heterocycles. The first kappa shape index (κ1) is 22.5. The Bertz CT molecular complexity index is 1160. The average Bonchev–Trinajstić information content (AvgIpc) is 3.30. The number of fused-ring (bicyclic) bond motifs is 1. The summed E-state index contributed by atoms with van der Waals surface area (Å²) in [7, 11) is 0. The van der Waals surface area contributed by atoms with E-state index < -0.39 is 0 Å². The fourth-order valence-electron chi connectivity index (χ4n) is 5.21. The second-order valence-electron chi connectivity index (χ2n) is 9.45. The number of allylic oxidation sites excluding steroid dienone is 1. The number of likely N-dealkylation sites (tertiary alicyclic amines) is 1. The second kappa shape index (κ2) is 9.94. The molecule has 0 saturated carbocycles. The van der Waals surface area contributed by atoms with Crippen molar-refractivity contribution in [1.29, 1.82) is 0 Å². The number of benzene rings is 3. The van der Waals surface area contributed by atoms with Gasteiger partial charge in [-0.3, -0.25) is 4.90 Å². The molecule has 1 heterocycles. The molecule has 34 heavy (non-hydrogen) atoms. The number of unbranched alkanes of at least 4 members (excludes halogenated alkanes) is 1.